The van der Waals surface area contributed by atoms with Crippen molar-refractivity contribution in [2.24, 2.45) is 56.2 Å². The highest BCUT2D eigenvalue weighted by molar-refractivity contribution is 5.33. The average molecular weight is 783 g/mol. The van der Waals surface area contributed by atoms with Gasteiger partial charge in [-0.2, -0.15) is 0 Å². The van der Waals surface area contributed by atoms with Crippen LogP contribution in [0.2, 0.25) is 0 Å². The molecule has 0 aromatic heterocycles. The fourth-order valence-electron chi connectivity index (χ4n) is 15.6. The maximum absolute atomic E-state index is 12.4. The molecule has 2 aliphatic heterocycles. The third kappa shape index (κ3) is 5.72. The van der Waals surface area contributed by atoms with E-state index < -0.39 is 91.2 Å². The van der Waals surface area contributed by atoms with Gasteiger partial charge in [-0.05, 0) is 134 Å². The first kappa shape index (κ1) is 41.2. The van der Waals surface area contributed by atoms with Crippen LogP contribution in [-0.2, 0) is 18.9 Å². The Kier molecular flexibility index (Phi) is 9.92. The summed E-state index contributed by atoms with van der Waals surface area (Å²) in [6, 6.07) is 0. The molecule has 8 aliphatic rings. The zero-order valence-electron chi connectivity index (χ0n) is 33.9. The lowest BCUT2D eigenvalue weighted by Crippen LogP contribution is -2.64. The Morgan fingerprint density at radius 3 is 2.05 bits per heavy atom. The molecule has 0 radical (unpaired) electrons. The molecule has 0 bridgehead atoms. The molecule has 8 fully saturated rings. The minimum atomic E-state index is -1.71. The first-order valence-corrected chi connectivity index (χ1v) is 21.2. The SMILES string of the molecule is CC(C)(O)[C@@H]1CC[C@](C)([C@H]2[C@@H](O)C[C@@]3(C)[C@@H]4C[C@H](O)[C@@H]5C(C)(C)[C@@H](O[C@@H]6OC[C@@H](O)[C@H](O)[C@H]6O[C@@H]6O[C@H](CO)[C@@H](O)[C@H](O)[C@H]6O)CC[C@@]56C[C@@]46CC[C@]23C)C1. The fraction of sp³-hybridized carbons (Fsp3) is 1.00. The van der Waals surface area contributed by atoms with E-state index in [4.69, 9.17) is 18.9 Å². The van der Waals surface area contributed by atoms with Gasteiger partial charge in [0.25, 0.3) is 0 Å². The maximum Gasteiger partial charge on any atom is 0.187 e. The van der Waals surface area contributed by atoms with Gasteiger partial charge in [-0.15, -0.1) is 0 Å². The largest absolute Gasteiger partial charge is 0.394 e. The topological polar surface area (TPSA) is 219 Å². The van der Waals surface area contributed by atoms with Crippen molar-refractivity contribution in [1.82, 2.24) is 0 Å². The van der Waals surface area contributed by atoms with Crippen molar-refractivity contribution in [3.63, 3.8) is 0 Å². The van der Waals surface area contributed by atoms with Crippen molar-refractivity contribution < 1.29 is 64.9 Å². The Morgan fingerprint density at radius 2 is 1.40 bits per heavy atom. The molecule has 8 rings (SSSR count). The second-order valence-electron chi connectivity index (χ2n) is 21.7. The van der Waals surface area contributed by atoms with Crippen LogP contribution in [0.4, 0.5) is 0 Å². The van der Waals surface area contributed by atoms with Crippen molar-refractivity contribution in [1.29, 1.82) is 0 Å². The molecule has 13 heteroatoms. The van der Waals surface area contributed by atoms with E-state index >= 15 is 0 Å². The lowest BCUT2D eigenvalue weighted by atomic mass is 9.40. The average Bonchev–Trinajstić information content (AvgIpc) is 3.45. The molecular formula is C42H70O13. The Hall–Kier alpha value is -0.520. The van der Waals surface area contributed by atoms with Gasteiger partial charge in [0, 0.05) is 0 Å². The molecule has 2 heterocycles. The number of aliphatic hydroxyl groups excluding tert-OH is 8. The Morgan fingerprint density at radius 1 is 0.691 bits per heavy atom. The maximum atomic E-state index is 12.4. The number of hydrogen-bond donors (Lipinski definition) is 9. The van der Waals surface area contributed by atoms with Gasteiger partial charge in [0.2, 0.25) is 0 Å². The van der Waals surface area contributed by atoms with Crippen LogP contribution in [0.3, 0.4) is 0 Å². The Labute approximate surface area is 325 Å². The van der Waals surface area contributed by atoms with E-state index in [1.54, 1.807) is 0 Å². The van der Waals surface area contributed by atoms with Gasteiger partial charge in [0.15, 0.2) is 12.6 Å². The second-order valence-corrected chi connectivity index (χ2v) is 21.7. The van der Waals surface area contributed by atoms with E-state index in [0.29, 0.717) is 12.8 Å². The van der Waals surface area contributed by atoms with E-state index in [0.717, 1.165) is 51.4 Å². The normalized spacial score (nSPS) is 58.7. The second kappa shape index (κ2) is 13.2. The highest BCUT2D eigenvalue weighted by Gasteiger charge is 2.85. The van der Waals surface area contributed by atoms with Crippen molar-refractivity contribution >= 4 is 0 Å². The molecular weight excluding hydrogens is 712 g/mol. The van der Waals surface area contributed by atoms with Crippen LogP contribution < -0.4 is 0 Å². The van der Waals surface area contributed by atoms with E-state index in [1.165, 1.54) is 0 Å². The molecule has 316 valence electrons. The Balaban J connectivity index is 1.02. The first-order chi connectivity index (χ1) is 25.5. The van der Waals surface area contributed by atoms with Crippen LogP contribution in [0, 0.1) is 56.2 Å². The minimum absolute atomic E-state index is 0.0601. The molecule has 2 spiro atoms. The molecule has 13 nitrogen and oxygen atoms in total. The van der Waals surface area contributed by atoms with Crippen LogP contribution in [0.15, 0.2) is 0 Å². The minimum Gasteiger partial charge on any atom is -0.394 e. The number of fused-ring (bicyclic) bond motifs is 2. The lowest BCUT2D eigenvalue weighted by Gasteiger charge is -2.65. The summed E-state index contributed by atoms with van der Waals surface area (Å²) in [5.74, 6) is 0.527. The number of rotatable bonds is 7. The van der Waals surface area contributed by atoms with Crippen molar-refractivity contribution in [2.75, 3.05) is 13.2 Å². The summed E-state index contributed by atoms with van der Waals surface area (Å²) in [4.78, 5) is 0. The molecule has 2 saturated heterocycles. The molecule has 9 N–H and O–H groups in total. The number of ether oxygens (including phenoxy) is 4. The van der Waals surface area contributed by atoms with Crippen LogP contribution in [0.5, 0.6) is 0 Å². The molecule has 0 amide bonds. The van der Waals surface area contributed by atoms with Gasteiger partial charge in [-0.1, -0.05) is 34.6 Å². The zero-order chi connectivity index (χ0) is 40.1. The van der Waals surface area contributed by atoms with Crippen LogP contribution in [0.1, 0.15) is 113 Å². The van der Waals surface area contributed by atoms with E-state index in [1.807, 2.05) is 13.8 Å². The molecule has 0 unspecified atom stereocenters. The lowest BCUT2D eigenvalue weighted by molar-refractivity contribution is -0.366. The van der Waals surface area contributed by atoms with Crippen molar-refractivity contribution in [2.45, 2.75) is 192 Å². The quantitative estimate of drug-likeness (QED) is 0.168. The van der Waals surface area contributed by atoms with Crippen molar-refractivity contribution in [3.05, 3.63) is 0 Å². The molecule has 6 saturated carbocycles. The highest BCUT2D eigenvalue weighted by Crippen LogP contribution is 2.89. The fourth-order valence-corrected chi connectivity index (χ4v) is 15.6. The Bertz CT molecular complexity index is 1450. The van der Waals surface area contributed by atoms with Gasteiger partial charge in [-0.3, -0.25) is 0 Å². The summed E-state index contributed by atoms with van der Waals surface area (Å²) in [7, 11) is 0. The van der Waals surface area contributed by atoms with Gasteiger partial charge < -0.3 is 64.9 Å². The molecule has 0 aromatic rings. The molecule has 0 aromatic carbocycles. The standard InChI is InChI=1S/C42H70O13/c1-36(2)26(54-35-31(27(47)23(46)18-52-35)55-34-30(50)29(49)28(48)24(17-43)53-34)9-11-42-19-41(42)13-12-39(6)33(38(5)10-8-20(15-38)37(3,4)51)22(45)16-40(39,7)25(41)14-21(44)32(36)42/h20-35,43-51H,8-19H2,1-7H3/t20-,21+,22+,23-,24-,25+,26+,27+,28-,29+,30-,31-,32-,33-,34+,35+,38+,39-,40+,41+,42-/m1/s1. The van der Waals surface area contributed by atoms with E-state index in [9.17, 15) is 46.0 Å². The zero-order valence-corrected chi connectivity index (χ0v) is 33.9. The monoisotopic (exact) mass is 782 g/mol. The number of hydrogen-bond acceptors (Lipinski definition) is 13. The van der Waals surface area contributed by atoms with Gasteiger partial charge in [0.05, 0.1) is 37.1 Å². The summed E-state index contributed by atoms with van der Waals surface area (Å²) in [6.07, 6.45) is -5.64. The number of aliphatic hydroxyl groups is 9. The van der Waals surface area contributed by atoms with Crippen LogP contribution >= 0.6 is 0 Å². The third-order valence-corrected chi connectivity index (χ3v) is 18.4. The predicted molar refractivity (Wildman–Crippen MR) is 197 cm³/mol. The van der Waals surface area contributed by atoms with Crippen LogP contribution in [-0.4, -0.2) is 138 Å². The van der Waals surface area contributed by atoms with E-state index in [2.05, 4.69) is 34.6 Å². The smallest absolute Gasteiger partial charge is 0.187 e. The summed E-state index contributed by atoms with van der Waals surface area (Å²) < 4.78 is 24.2. The van der Waals surface area contributed by atoms with Crippen molar-refractivity contribution in [3.8, 4) is 0 Å². The van der Waals surface area contributed by atoms with Gasteiger partial charge in [0.1, 0.15) is 42.7 Å². The third-order valence-electron chi connectivity index (χ3n) is 18.4. The van der Waals surface area contributed by atoms with Gasteiger partial charge in [-0.25, -0.2) is 0 Å². The summed E-state index contributed by atoms with van der Waals surface area (Å²) in [5.41, 5.74) is -1.62. The summed E-state index contributed by atoms with van der Waals surface area (Å²) >= 11 is 0. The molecule has 21 atom stereocenters. The first-order valence-electron chi connectivity index (χ1n) is 21.2. The van der Waals surface area contributed by atoms with E-state index in [-0.39, 0.29) is 57.4 Å². The molecule has 55 heavy (non-hydrogen) atoms. The predicted octanol–water partition coefficient (Wildman–Crippen LogP) is 1.59. The van der Waals surface area contributed by atoms with Gasteiger partial charge >= 0.3 is 0 Å². The summed E-state index contributed by atoms with van der Waals surface area (Å²) in [6.45, 7) is 14.5. The highest BCUT2D eigenvalue weighted by atomic mass is 16.8. The molecule has 6 aliphatic carbocycles. The van der Waals surface area contributed by atoms with Crippen LogP contribution in [0.25, 0.3) is 0 Å². The summed E-state index contributed by atoms with van der Waals surface area (Å²) in [5, 5.41) is 98.2.